The topological polar surface area (TPSA) is 9.72 Å². The summed E-state index contributed by atoms with van der Waals surface area (Å²) < 4.78 is 0. The van der Waals surface area contributed by atoms with Gasteiger partial charge in [0.05, 0.1) is 11.0 Å². The van der Waals surface area contributed by atoms with E-state index in [1.54, 1.807) is 0 Å². The van der Waals surface area contributed by atoms with Crippen LogP contribution in [0.5, 0.6) is 0 Å². The minimum Gasteiger partial charge on any atom is -0.330 e. The Hall–Kier alpha value is -6.78. The average molecular weight is 1010 g/mol. The molecule has 1 aliphatic carbocycles. The molecule has 4 heteroatoms. The first kappa shape index (κ1) is 51.0. The summed E-state index contributed by atoms with van der Waals surface area (Å²) in [6.45, 7) is 37.8. The van der Waals surface area contributed by atoms with Crippen LogP contribution in [0.3, 0.4) is 0 Å². The number of hydrogen-bond donors (Lipinski definition) is 0. The van der Waals surface area contributed by atoms with E-state index in [1.165, 1.54) is 112 Å². The molecule has 0 spiro atoms. The molecule has 2 unspecified atom stereocenters. The zero-order valence-electron chi connectivity index (χ0n) is 49.0. The van der Waals surface area contributed by atoms with Gasteiger partial charge in [0.25, 0.3) is 6.71 Å². The van der Waals surface area contributed by atoms with E-state index in [4.69, 9.17) is 0 Å². The van der Waals surface area contributed by atoms with Crippen LogP contribution in [0.15, 0.2) is 170 Å². The van der Waals surface area contributed by atoms with Gasteiger partial charge in [0.1, 0.15) is 0 Å². The highest BCUT2D eigenvalue weighted by Crippen LogP contribution is 2.67. The summed E-state index contributed by atoms with van der Waals surface area (Å²) in [7, 11) is 0. The van der Waals surface area contributed by atoms with Gasteiger partial charge in [-0.3, -0.25) is 0 Å². The number of anilines is 8. The molecule has 390 valence electrons. The van der Waals surface area contributed by atoms with Crippen LogP contribution < -0.4 is 31.1 Å². The SMILES string of the molecule is CC(C)(C)c1ccc(N2c3cc(N4c5ccc(C(C)(C)C)cc5C5(c6ccccc6)CCc6ccccc6C45C)ccc3B3c4ccc(C(C)(C)C)cc4N(c4cccc(C(C)(C)C)c4)c4cc(C(C)(C)C)cc2c43)cc1. The van der Waals surface area contributed by atoms with Crippen LogP contribution in [-0.2, 0) is 44.4 Å². The molecular weight excluding hydrogens is 930 g/mol. The Kier molecular flexibility index (Phi) is 11.3. The molecule has 12 rings (SSSR count). The molecule has 8 aromatic carbocycles. The molecule has 4 aliphatic rings. The fraction of sp³-hybridized carbons (Fsp3) is 0.342. The second kappa shape index (κ2) is 17.1. The summed E-state index contributed by atoms with van der Waals surface area (Å²) in [5.41, 5.74) is 25.2. The van der Waals surface area contributed by atoms with Crippen LogP contribution in [0.2, 0.25) is 0 Å². The smallest absolute Gasteiger partial charge is 0.252 e. The van der Waals surface area contributed by atoms with E-state index < -0.39 is 5.54 Å². The Morgan fingerprint density at radius 1 is 0.377 bits per heavy atom. The molecule has 0 fully saturated rings. The third kappa shape index (κ3) is 7.80. The fourth-order valence-corrected chi connectivity index (χ4v) is 14.0. The summed E-state index contributed by atoms with van der Waals surface area (Å²) in [6.07, 6.45) is 2.02. The first-order valence-electron chi connectivity index (χ1n) is 28.6. The van der Waals surface area contributed by atoms with E-state index >= 15 is 0 Å². The predicted molar refractivity (Wildman–Crippen MR) is 332 cm³/mol. The minimum absolute atomic E-state index is 0.00656. The largest absolute Gasteiger partial charge is 0.330 e. The lowest BCUT2D eigenvalue weighted by atomic mass is 9.33. The molecule has 77 heavy (non-hydrogen) atoms. The normalized spacial score (nSPS) is 18.8. The molecular formula is C73H80BN3. The second-order valence-electron chi connectivity index (χ2n) is 28.5. The highest BCUT2D eigenvalue weighted by molar-refractivity contribution is 7.00. The molecule has 8 aromatic rings. The monoisotopic (exact) mass is 1010 g/mol. The summed E-state index contributed by atoms with van der Waals surface area (Å²) in [5.74, 6) is 0. The van der Waals surface area contributed by atoms with Gasteiger partial charge in [0, 0.05) is 45.5 Å². The van der Waals surface area contributed by atoms with Crippen molar-refractivity contribution in [3.8, 4) is 0 Å². The zero-order valence-corrected chi connectivity index (χ0v) is 49.0. The molecule has 2 atom stereocenters. The van der Waals surface area contributed by atoms with Crippen molar-refractivity contribution in [3.05, 3.63) is 220 Å². The first-order chi connectivity index (χ1) is 36.2. The molecule has 0 bridgehead atoms. The van der Waals surface area contributed by atoms with E-state index in [0.717, 1.165) is 12.8 Å². The number of aryl methyl sites for hydroxylation is 1. The van der Waals surface area contributed by atoms with Crippen LogP contribution in [0.25, 0.3) is 0 Å². The van der Waals surface area contributed by atoms with Crippen molar-refractivity contribution >= 4 is 68.6 Å². The number of hydrogen-bond acceptors (Lipinski definition) is 3. The quantitative estimate of drug-likeness (QED) is 0.163. The van der Waals surface area contributed by atoms with Gasteiger partial charge in [-0.05, 0) is 174 Å². The average Bonchev–Trinajstić information content (AvgIpc) is 3.71. The lowest BCUT2D eigenvalue weighted by Gasteiger charge is -2.53. The van der Waals surface area contributed by atoms with Gasteiger partial charge < -0.3 is 14.7 Å². The maximum atomic E-state index is 2.78. The maximum Gasteiger partial charge on any atom is 0.252 e. The Bertz CT molecular complexity index is 3640. The van der Waals surface area contributed by atoms with Crippen molar-refractivity contribution < 1.29 is 0 Å². The molecule has 3 aliphatic heterocycles. The van der Waals surface area contributed by atoms with Gasteiger partial charge in [-0.25, -0.2) is 0 Å². The number of benzene rings is 8. The van der Waals surface area contributed by atoms with Gasteiger partial charge in [-0.2, -0.15) is 0 Å². The molecule has 0 amide bonds. The molecule has 0 saturated heterocycles. The zero-order chi connectivity index (χ0) is 54.6. The highest BCUT2D eigenvalue weighted by Gasteiger charge is 2.63. The van der Waals surface area contributed by atoms with Crippen molar-refractivity contribution in [2.75, 3.05) is 14.7 Å². The number of rotatable bonds is 4. The van der Waals surface area contributed by atoms with Gasteiger partial charge >= 0.3 is 0 Å². The van der Waals surface area contributed by atoms with Crippen LogP contribution in [0.1, 0.15) is 167 Å². The van der Waals surface area contributed by atoms with E-state index in [9.17, 15) is 0 Å². The third-order valence-corrected chi connectivity index (χ3v) is 18.4. The number of nitrogens with zero attached hydrogens (tertiary/aromatic N) is 3. The molecule has 0 saturated carbocycles. The minimum atomic E-state index is -0.475. The van der Waals surface area contributed by atoms with Crippen LogP contribution in [-0.4, -0.2) is 6.71 Å². The van der Waals surface area contributed by atoms with Gasteiger partial charge in [-0.15, -0.1) is 0 Å². The summed E-state index contributed by atoms with van der Waals surface area (Å²) in [4.78, 5) is 8.05. The summed E-state index contributed by atoms with van der Waals surface area (Å²) in [6, 6.07) is 67.4. The van der Waals surface area contributed by atoms with E-state index in [1.807, 2.05) is 0 Å². The molecule has 3 nitrogen and oxygen atoms in total. The van der Waals surface area contributed by atoms with Crippen molar-refractivity contribution in [2.24, 2.45) is 0 Å². The molecule has 0 radical (unpaired) electrons. The Morgan fingerprint density at radius 2 is 0.883 bits per heavy atom. The Balaban J connectivity index is 1.19. The van der Waals surface area contributed by atoms with Crippen molar-refractivity contribution in [1.29, 1.82) is 0 Å². The van der Waals surface area contributed by atoms with Crippen LogP contribution in [0.4, 0.5) is 45.5 Å². The molecule has 0 aromatic heterocycles. The maximum absolute atomic E-state index is 2.78. The summed E-state index contributed by atoms with van der Waals surface area (Å²) in [5, 5.41) is 0. The third-order valence-electron chi connectivity index (χ3n) is 18.4. The van der Waals surface area contributed by atoms with Crippen molar-refractivity contribution in [2.45, 2.75) is 162 Å². The van der Waals surface area contributed by atoms with Crippen LogP contribution in [0, 0.1) is 0 Å². The van der Waals surface area contributed by atoms with E-state index in [-0.39, 0.29) is 39.2 Å². The van der Waals surface area contributed by atoms with E-state index in [0.29, 0.717) is 0 Å². The Morgan fingerprint density at radius 3 is 1.52 bits per heavy atom. The molecule has 0 N–H and O–H groups in total. The predicted octanol–water partition coefficient (Wildman–Crippen LogP) is 17.6. The summed E-state index contributed by atoms with van der Waals surface area (Å²) >= 11 is 0. The lowest BCUT2D eigenvalue weighted by Crippen LogP contribution is -2.61. The van der Waals surface area contributed by atoms with Gasteiger partial charge in [0.2, 0.25) is 0 Å². The van der Waals surface area contributed by atoms with Crippen molar-refractivity contribution in [1.82, 2.24) is 0 Å². The van der Waals surface area contributed by atoms with Gasteiger partial charge in [-0.1, -0.05) is 213 Å². The standard InChI is InChI=1S/C73H80BN3/c1-67(2,3)48-29-33-54(34-30-48)75-63-46-56(77-61-38-32-51(69(7,8)9)42-58(61)73(49-24-18-17-19-25-49)40-39-47-23-20-21-28-57(47)72(73,77)16)35-37-60(63)74-59-36-31-52(70(10,11)12)43-62(59)76(55-27-22-26-50(41-55)68(4,5)6)65-45-53(71(13,14)15)44-64(75)66(65)74/h17-38,41-46H,39-40H2,1-16H3. The first-order valence-corrected chi connectivity index (χ1v) is 28.6. The van der Waals surface area contributed by atoms with Crippen molar-refractivity contribution in [3.63, 3.8) is 0 Å². The molecule has 3 heterocycles. The second-order valence-corrected chi connectivity index (χ2v) is 28.5. The fourth-order valence-electron chi connectivity index (χ4n) is 14.0. The Labute approximate surface area is 462 Å². The lowest BCUT2D eigenvalue weighted by molar-refractivity contribution is 0.270. The van der Waals surface area contributed by atoms with Crippen LogP contribution >= 0.6 is 0 Å². The number of fused-ring (bicyclic) bond motifs is 9. The van der Waals surface area contributed by atoms with E-state index in [2.05, 4.69) is 295 Å². The van der Waals surface area contributed by atoms with Gasteiger partial charge in [0.15, 0.2) is 0 Å². The highest BCUT2D eigenvalue weighted by atomic mass is 15.3.